The fraction of sp³-hybridized carbons (Fsp3) is 0.160. The number of hydrogen-bond acceptors (Lipinski definition) is 4. The van der Waals surface area contributed by atoms with Crippen LogP contribution < -0.4 is 16.4 Å². The highest BCUT2D eigenvalue weighted by molar-refractivity contribution is 5.96. The van der Waals surface area contributed by atoms with Crippen LogP contribution in [0.1, 0.15) is 26.3 Å². The number of primary amides is 1. The molecule has 0 aromatic heterocycles. The predicted octanol–water partition coefficient (Wildman–Crippen LogP) is 2.70. The first-order valence-electron chi connectivity index (χ1n) is 10.4. The predicted molar refractivity (Wildman–Crippen MR) is 126 cm³/mol. The fourth-order valence-corrected chi connectivity index (χ4v) is 3.85. The third-order valence-corrected chi connectivity index (χ3v) is 5.72. The lowest BCUT2D eigenvalue weighted by Gasteiger charge is -2.36. The maximum absolute atomic E-state index is 13.0. The van der Waals surface area contributed by atoms with Gasteiger partial charge in [0.05, 0.1) is 0 Å². The van der Waals surface area contributed by atoms with Gasteiger partial charge >= 0.3 is 0 Å². The monoisotopic (exact) mass is 427 g/mol. The van der Waals surface area contributed by atoms with E-state index in [1.54, 1.807) is 12.1 Å². The molecule has 1 heterocycles. The molecule has 0 saturated carbocycles. The molecule has 3 aromatic rings. The number of rotatable bonds is 5. The Morgan fingerprint density at radius 2 is 1.28 bits per heavy atom. The van der Waals surface area contributed by atoms with Crippen molar-refractivity contribution in [1.82, 2.24) is 4.90 Å². The van der Waals surface area contributed by atoms with Crippen LogP contribution in [-0.4, -0.2) is 48.7 Å². The second kappa shape index (κ2) is 8.93. The number of nitrogens with two attached hydrogens (primary N) is 2. The number of benzene rings is 3. The number of carbonyl (C=O) groups is 2. The molecular formula is C25H25N5O2. The van der Waals surface area contributed by atoms with E-state index in [-0.39, 0.29) is 11.7 Å². The minimum atomic E-state index is -0.454. The fourth-order valence-electron chi connectivity index (χ4n) is 3.85. The maximum Gasteiger partial charge on any atom is 0.253 e. The first-order valence-corrected chi connectivity index (χ1v) is 10.4. The number of piperazine rings is 1. The number of nitrogens with zero attached hydrogens (tertiary/aromatic N) is 2. The molecule has 0 spiro atoms. The lowest BCUT2D eigenvalue weighted by Crippen LogP contribution is -2.48. The average molecular weight is 428 g/mol. The zero-order chi connectivity index (χ0) is 22.7. The standard InChI is InChI=1S/C25H25N5O2/c26-23(27)21-2-1-3-22(16-21)29-12-14-30(15-13-29)25(32)20-10-6-18(7-11-20)17-4-8-19(9-5-17)24(28)31/h1-11,16H,12-15H2,(H3,26,27)(H2,28,31). The Bertz CT molecular complexity index is 1150. The van der Waals surface area contributed by atoms with Crippen molar-refractivity contribution in [2.45, 2.75) is 0 Å². The van der Waals surface area contributed by atoms with Crippen molar-refractivity contribution < 1.29 is 9.59 Å². The SMILES string of the molecule is N=C(N)c1cccc(N2CCN(C(=O)c3ccc(-c4ccc(C(N)=O)cc4)cc3)CC2)c1. The third kappa shape index (κ3) is 4.46. The Kier molecular flexibility index (Phi) is 5.89. The number of anilines is 1. The molecule has 0 radical (unpaired) electrons. The van der Waals surface area contributed by atoms with E-state index >= 15 is 0 Å². The van der Waals surface area contributed by atoms with Gasteiger partial charge in [0.1, 0.15) is 5.84 Å². The average Bonchev–Trinajstić information content (AvgIpc) is 2.84. The minimum Gasteiger partial charge on any atom is -0.384 e. The van der Waals surface area contributed by atoms with Gasteiger partial charge in [-0.05, 0) is 47.5 Å². The van der Waals surface area contributed by atoms with Crippen LogP contribution in [0.2, 0.25) is 0 Å². The van der Waals surface area contributed by atoms with Crippen LogP contribution in [-0.2, 0) is 0 Å². The summed E-state index contributed by atoms with van der Waals surface area (Å²) in [6, 6.07) is 22.2. The summed E-state index contributed by atoms with van der Waals surface area (Å²) in [5.74, 6) is -0.394. The van der Waals surface area contributed by atoms with Gasteiger partial charge in [-0.3, -0.25) is 15.0 Å². The van der Waals surface area contributed by atoms with Crippen molar-refractivity contribution >= 4 is 23.3 Å². The molecule has 0 unspecified atom stereocenters. The second-order valence-electron chi connectivity index (χ2n) is 7.76. The quantitative estimate of drug-likeness (QED) is 0.429. The molecule has 4 rings (SSSR count). The molecule has 0 bridgehead atoms. The van der Waals surface area contributed by atoms with E-state index in [0.29, 0.717) is 29.8 Å². The van der Waals surface area contributed by atoms with E-state index in [1.807, 2.05) is 65.6 Å². The zero-order valence-corrected chi connectivity index (χ0v) is 17.6. The molecule has 1 saturated heterocycles. The number of nitrogens with one attached hydrogen (secondary N) is 1. The highest BCUT2D eigenvalue weighted by Gasteiger charge is 2.22. The Labute approximate surface area is 186 Å². The van der Waals surface area contributed by atoms with E-state index in [1.165, 1.54) is 0 Å². The van der Waals surface area contributed by atoms with Crippen LogP contribution in [0.25, 0.3) is 11.1 Å². The largest absolute Gasteiger partial charge is 0.384 e. The van der Waals surface area contributed by atoms with Crippen LogP contribution in [0.3, 0.4) is 0 Å². The highest BCUT2D eigenvalue weighted by Crippen LogP contribution is 2.22. The van der Waals surface area contributed by atoms with E-state index in [2.05, 4.69) is 4.90 Å². The molecule has 0 atom stereocenters. The molecule has 7 nitrogen and oxygen atoms in total. The molecule has 5 N–H and O–H groups in total. The summed E-state index contributed by atoms with van der Waals surface area (Å²) in [6.07, 6.45) is 0. The topological polar surface area (TPSA) is 117 Å². The van der Waals surface area contributed by atoms with E-state index in [0.717, 1.165) is 29.9 Å². The van der Waals surface area contributed by atoms with Gasteiger partial charge in [0.25, 0.3) is 5.91 Å². The molecule has 1 fully saturated rings. The molecule has 1 aliphatic heterocycles. The third-order valence-electron chi connectivity index (χ3n) is 5.72. The van der Waals surface area contributed by atoms with Gasteiger partial charge in [-0.25, -0.2) is 0 Å². The van der Waals surface area contributed by atoms with Crippen molar-refractivity contribution in [2.75, 3.05) is 31.1 Å². The normalized spacial score (nSPS) is 13.6. The van der Waals surface area contributed by atoms with Crippen molar-refractivity contribution in [3.8, 4) is 11.1 Å². The molecule has 1 aliphatic rings. The van der Waals surface area contributed by atoms with Gasteiger partial charge in [-0.1, -0.05) is 36.4 Å². The summed E-state index contributed by atoms with van der Waals surface area (Å²) >= 11 is 0. The summed E-state index contributed by atoms with van der Waals surface area (Å²) in [5.41, 5.74) is 15.6. The number of amidine groups is 1. The van der Waals surface area contributed by atoms with E-state index in [4.69, 9.17) is 16.9 Å². The number of amides is 2. The Morgan fingerprint density at radius 1 is 0.719 bits per heavy atom. The maximum atomic E-state index is 13.0. The van der Waals surface area contributed by atoms with Gasteiger partial charge in [0, 0.05) is 48.6 Å². The van der Waals surface area contributed by atoms with Gasteiger partial charge < -0.3 is 21.3 Å². The molecule has 32 heavy (non-hydrogen) atoms. The lowest BCUT2D eigenvalue weighted by atomic mass is 10.0. The van der Waals surface area contributed by atoms with Crippen LogP contribution in [0.5, 0.6) is 0 Å². The second-order valence-corrected chi connectivity index (χ2v) is 7.76. The molecule has 7 heteroatoms. The summed E-state index contributed by atoms with van der Waals surface area (Å²) in [6.45, 7) is 2.69. The zero-order valence-electron chi connectivity index (χ0n) is 17.6. The molecule has 162 valence electrons. The van der Waals surface area contributed by atoms with Crippen LogP contribution in [0.4, 0.5) is 5.69 Å². The van der Waals surface area contributed by atoms with Crippen molar-refractivity contribution in [3.05, 3.63) is 89.5 Å². The lowest BCUT2D eigenvalue weighted by molar-refractivity contribution is 0.0746. The number of nitrogen functional groups attached to an aromatic ring is 1. The Morgan fingerprint density at radius 3 is 1.81 bits per heavy atom. The molecule has 3 aromatic carbocycles. The van der Waals surface area contributed by atoms with Crippen LogP contribution >= 0.6 is 0 Å². The Hall–Kier alpha value is -4.13. The Balaban J connectivity index is 1.39. The van der Waals surface area contributed by atoms with Gasteiger partial charge in [-0.2, -0.15) is 0 Å². The highest BCUT2D eigenvalue weighted by atomic mass is 16.2. The van der Waals surface area contributed by atoms with Gasteiger partial charge in [0.2, 0.25) is 5.91 Å². The van der Waals surface area contributed by atoms with Crippen LogP contribution in [0, 0.1) is 5.41 Å². The van der Waals surface area contributed by atoms with Crippen LogP contribution in [0.15, 0.2) is 72.8 Å². The van der Waals surface area contributed by atoms with E-state index < -0.39 is 5.91 Å². The van der Waals surface area contributed by atoms with Crippen molar-refractivity contribution in [2.24, 2.45) is 11.5 Å². The minimum absolute atomic E-state index is 0.0118. The van der Waals surface area contributed by atoms with Crippen molar-refractivity contribution in [1.29, 1.82) is 5.41 Å². The first kappa shape index (κ1) is 21.1. The smallest absolute Gasteiger partial charge is 0.253 e. The molecular weight excluding hydrogens is 402 g/mol. The molecule has 2 amide bonds. The summed E-state index contributed by atoms with van der Waals surface area (Å²) in [4.78, 5) is 28.3. The summed E-state index contributed by atoms with van der Waals surface area (Å²) in [5, 5.41) is 7.61. The summed E-state index contributed by atoms with van der Waals surface area (Å²) < 4.78 is 0. The van der Waals surface area contributed by atoms with Crippen molar-refractivity contribution in [3.63, 3.8) is 0 Å². The van der Waals surface area contributed by atoms with Gasteiger partial charge in [-0.15, -0.1) is 0 Å². The summed E-state index contributed by atoms with van der Waals surface area (Å²) in [7, 11) is 0. The first-order chi connectivity index (χ1) is 15.4. The van der Waals surface area contributed by atoms with E-state index in [9.17, 15) is 9.59 Å². The molecule has 0 aliphatic carbocycles. The van der Waals surface area contributed by atoms with Gasteiger partial charge in [0.15, 0.2) is 0 Å². The number of hydrogen-bond donors (Lipinski definition) is 3. The number of carbonyl (C=O) groups excluding carboxylic acids is 2.